The lowest BCUT2D eigenvalue weighted by molar-refractivity contribution is -0.145. The molecule has 9 nitrogen and oxygen atoms in total. The van der Waals surface area contributed by atoms with Crippen LogP contribution in [0.25, 0.3) is 0 Å². The van der Waals surface area contributed by atoms with Crippen molar-refractivity contribution >= 4 is 51.5 Å². The van der Waals surface area contributed by atoms with Crippen LogP contribution in [0.3, 0.4) is 0 Å². The third-order valence-corrected chi connectivity index (χ3v) is 5.46. The second-order valence-electron chi connectivity index (χ2n) is 7.56. The molecule has 2 aromatic carbocycles. The number of carbonyl (C=O) groups excluding carboxylic acids is 3. The SMILES string of the molecule is CCOC(=O)COc1c(Br)cc(C=NNC(=O)C(NC(=O)c2ccc(Cl)cc2)C(C)C)cc1OC. The van der Waals surface area contributed by atoms with Crippen LogP contribution in [0.15, 0.2) is 46.0 Å². The molecule has 1 unspecified atom stereocenters. The Labute approximate surface area is 217 Å². The van der Waals surface area contributed by atoms with Crippen molar-refractivity contribution in [1.82, 2.24) is 10.7 Å². The normalized spacial score (nSPS) is 11.7. The quantitative estimate of drug-likeness (QED) is 0.241. The number of halogens is 2. The molecule has 0 spiro atoms. The number of amides is 2. The van der Waals surface area contributed by atoms with Crippen molar-refractivity contribution in [3.05, 3.63) is 57.0 Å². The van der Waals surface area contributed by atoms with Gasteiger partial charge in [0.05, 0.1) is 24.4 Å². The van der Waals surface area contributed by atoms with Gasteiger partial charge in [-0.3, -0.25) is 9.59 Å². The van der Waals surface area contributed by atoms with Crippen LogP contribution in [0.4, 0.5) is 0 Å². The number of hydrogen-bond acceptors (Lipinski definition) is 7. The lowest BCUT2D eigenvalue weighted by Crippen LogP contribution is -2.48. The van der Waals surface area contributed by atoms with E-state index in [1.165, 1.54) is 13.3 Å². The molecule has 2 rings (SSSR count). The van der Waals surface area contributed by atoms with Crippen LogP contribution in [0.1, 0.15) is 36.7 Å². The van der Waals surface area contributed by atoms with Gasteiger partial charge in [0.2, 0.25) is 0 Å². The van der Waals surface area contributed by atoms with Gasteiger partial charge in [-0.25, -0.2) is 10.2 Å². The molecule has 188 valence electrons. The van der Waals surface area contributed by atoms with E-state index in [0.717, 1.165) is 0 Å². The maximum Gasteiger partial charge on any atom is 0.344 e. The van der Waals surface area contributed by atoms with Gasteiger partial charge >= 0.3 is 5.97 Å². The lowest BCUT2D eigenvalue weighted by atomic mass is 10.0. The molecular formula is C24H27BrClN3O6. The highest BCUT2D eigenvalue weighted by Crippen LogP contribution is 2.36. The van der Waals surface area contributed by atoms with Gasteiger partial charge in [-0.15, -0.1) is 0 Å². The van der Waals surface area contributed by atoms with Crippen LogP contribution in [-0.2, 0) is 14.3 Å². The van der Waals surface area contributed by atoms with Gasteiger partial charge in [-0.1, -0.05) is 25.4 Å². The van der Waals surface area contributed by atoms with Gasteiger partial charge in [-0.05, 0) is 70.7 Å². The molecule has 0 aliphatic rings. The van der Waals surface area contributed by atoms with Crippen LogP contribution < -0.4 is 20.2 Å². The average molecular weight is 569 g/mol. The summed E-state index contributed by atoms with van der Waals surface area (Å²) in [6, 6.07) is 8.86. The molecule has 0 aromatic heterocycles. The number of hydrogen-bond donors (Lipinski definition) is 2. The highest BCUT2D eigenvalue weighted by Gasteiger charge is 2.24. The second kappa shape index (κ2) is 13.7. The van der Waals surface area contributed by atoms with E-state index in [9.17, 15) is 14.4 Å². The van der Waals surface area contributed by atoms with Gasteiger partial charge < -0.3 is 19.5 Å². The number of benzene rings is 2. The average Bonchev–Trinajstić information content (AvgIpc) is 2.81. The number of esters is 1. The smallest absolute Gasteiger partial charge is 0.344 e. The summed E-state index contributed by atoms with van der Waals surface area (Å²) in [7, 11) is 1.46. The monoisotopic (exact) mass is 567 g/mol. The van der Waals surface area contributed by atoms with E-state index >= 15 is 0 Å². The van der Waals surface area contributed by atoms with E-state index in [0.29, 0.717) is 32.1 Å². The topological polar surface area (TPSA) is 115 Å². The molecule has 2 N–H and O–H groups in total. The number of nitrogens with one attached hydrogen (secondary N) is 2. The minimum atomic E-state index is -0.810. The predicted molar refractivity (Wildman–Crippen MR) is 136 cm³/mol. The first-order valence-electron chi connectivity index (χ1n) is 10.7. The van der Waals surface area contributed by atoms with Crippen LogP contribution in [0, 0.1) is 5.92 Å². The maximum atomic E-state index is 12.7. The van der Waals surface area contributed by atoms with Crippen molar-refractivity contribution in [2.75, 3.05) is 20.3 Å². The van der Waals surface area contributed by atoms with Crippen LogP contribution in [0.5, 0.6) is 11.5 Å². The number of nitrogens with zero attached hydrogens (tertiary/aromatic N) is 1. The van der Waals surface area contributed by atoms with Crippen molar-refractivity contribution in [3.8, 4) is 11.5 Å². The van der Waals surface area contributed by atoms with E-state index < -0.39 is 23.8 Å². The van der Waals surface area contributed by atoms with E-state index in [1.54, 1.807) is 43.3 Å². The van der Waals surface area contributed by atoms with Crippen molar-refractivity contribution in [1.29, 1.82) is 0 Å². The number of carbonyl (C=O) groups is 3. The second-order valence-corrected chi connectivity index (χ2v) is 8.85. The fourth-order valence-electron chi connectivity index (χ4n) is 2.89. The Kier molecular flexibility index (Phi) is 11.0. The first-order chi connectivity index (χ1) is 16.7. The highest BCUT2D eigenvalue weighted by atomic mass is 79.9. The zero-order valence-corrected chi connectivity index (χ0v) is 22.1. The number of ether oxygens (including phenoxy) is 3. The number of methoxy groups -OCH3 is 1. The molecule has 1 atom stereocenters. The largest absolute Gasteiger partial charge is 0.493 e. The Hall–Kier alpha value is -3.11. The molecule has 0 fully saturated rings. The molecule has 0 heterocycles. The fraction of sp³-hybridized carbons (Fsp3) is 0.333. The highest BCUT2D eigenvalue weighted by molar-refractivity contribution is 9.10. The maximum absolute atomic E-state index is 12.7. The van der Waals surface area contributed by atoms with Gasteiger partial charge in [0.25, 0.3) is 11.8 Å². The summed E-state index contributed by atoms with van der Waals surface area (Å²) in [5.74, 6) is -0.881. The Morgan fingerprint density at radius 1 is 1.17 bits per heavy atom. The fourth-order valence-corrected chi connectivity index (χ4v) is 3.59. The third-order valence-electron chi connectivity index (χ3n) is 4.62. The summed E-state index contributed by atoms with van der Waals surface area (Å²) in [5, 5.41) is 7.22. The molecule has 0 bridgehead atoms. The molecule has 0 radical (unpaired) electrons. The zero-order chi connectivity index (χ0) is 26.0. The first kappa shape index (κ1) is 28.1. The minimum Gasteiger partial charge on any atom is -0.493 e. The van der Waals surface area contributed by atoms with Crippen LogP contribution in [0.2, 0.25) is 5.02 Å². The molecule has 0 saturated heterocycles. The summed E-state index contributed by atoms with van der Waals surface area (Å²) in [6.45, 7) is 5.31. The first-order valence-corrected chi connectivity index (χ1v) is 11.9. The Morgan fingerprint density at radius 2 is 1.86 bits per heavy atom. The van der Waals surface area contributed by atoms with Crippen molar-refractivity contribution in [2.24, 2.45) is 11.0 Å². The van der Waals surface area contributed by atoms with Gasteiger partial charge in [0, 0.05) is 10.6 Å². The molecule has 0 aliphatic carbocycles. The molecular weight excluding hydrogens is 542 g/mol. The van der Waals surface area contributed by atoms with Gasteiger partial charge in [0.15, 0.2) is 18.1 Å². The summed E-state index contributed by atoms with van der Waals surface area (Å²) in [5.41, 5.74) is 3.42. The summed E-state index contributed by atoms with van der Waals surface area (Å²) >= 11 is 9.24. The minimum absolute atomic E-state index is 0.188. The van der Waals surface area contributed by atoms with Crippen LogP contribution >= 0.6 is 27.5 Å². The van der Waals surface area contributed by atoms with E-state index in [2.05, 4.69) is 31.8 Å². The molecule has 2 aromatic rings. The van der Waals surface area contributed by atoms with Crippen molar-refractivity contribution in [2.45, 2.75) is 26.8 Å². The standard InChI is InChI=1S/C24H27BrClN3O6/c1-5-34-20(30)13-35-22-18(25)10-15(11-19(22)33-4)12-27-29-24(32)21(14(2)3)28-23(31)16-6-8-17(26)9-7-16/h6-12,14,21H,5,13H2,1-4H3,(H,28,31)(H,29,32). The lowest BCUT2D eigenvalue weighted by Gasteiger charge is -2.20. The molecule has 0 aliphatic heterocycles. The van der Waals surface area contributed by atoms with Gasteiger partial charge in [-0.2, -0.15) is 5.10 Å². The third kappa shape index (κ3) is 8.56. The Balaban J connectivity index is 2.06. The van der Waals surface area contributed by atoms with Crippen molar-refractivity contribution < 1.29 is 28.6 Å². The van der Waals surface area contributed by atoms with E-state index in [4.69, 9.17) is 25.8 Å². The summed E-state index contributed by atoms with van der Waals surface area (Å²) in [6.07, 6.45) is 1.42. The van der Waals surface area contributed by atoms with E-state index in [1.807, 2.05) is 13.8 Å². The van der Waals surface area contributed by atoms with Crippen molar-refractivity contribution in [3.63, 3.8) is 0 Å². The predicted octanol–water partition coefficient (Wildman–Crippen LogP) is 3.96. The Bertz CT molecular complexity index is 1080. The molecule has 11 heteroatoms. The Morgan fingerprint density at radius 3 is 2.46 bits per heavy atom. The van der Waals surface area contributed by atoms with Crippen LogP contribution in [-0.4, -0.2) is 50.4 Å². The zero-order valence-electron chi connectivity index (χ0n) is 19.8. The molecule has 0 saturated carbocycles. The molecule has 2 amide bonds. The molecule has 35 heavy (non-hydrogen) atoms. The number of hydrazone groups is 1. The summed E-state index contributed by atoms with van der Waals surface area (Å²) < 4.78 is 16.2. The summed E-state index contributed by atoms with van der Waals surface area (Å²) in [4.78, 5) is 36.8. The number of rotatable bonds is 11. The van der Waals surface area contributed by atoms with E-state index in [-0.39, 0.29) is 19.1 Å². The van der Waals surface area contributed by atoms with Gasteiger partial charge in [0.1, 0.15) is 6.04 Å².